The lowest BCUT2D eigenvalue weighted by Crippen LogP contribution is -1.77. The van der Waals surface area contributed by atoms with Gasteiger partial charge < -0.3 is 4.98 Å². The van der Waals surface area contributed by atoms with Crippen LogP contribution in [0.2, 0.25) is 0 Å². The van der Waals surface area contributed by atoms with Gasteiger partial charge in [0.2, 0.25) is 0 Å². The smallest absolute Gasteiger partial charge is 0.166 e. The summed E-state index contributed by atoms with van der Waals surface area (Å²) in [7, 11) is 0. The zero-order valence-corrected chi connectivity index (χ0v) is 7.90. The van der Waals surface area contributed by atoms with Crippen molar-refractivity contribution in [1.82, 2.24) is 9.97 Å². The van der Waals surface area contributed by atoms with Gasteiger partial charge in [-0.25, -0.2) is 0 Å². The molecule has 0 fully saturated rings. The Labute approximate surface area is 85.8 Å². The number of aromatic nitrogens is 2. The van der Waals surface area contributed by atoms with Crippen LogP contribution >= 0.6 is 0 Å². The highest BCUT2D eigenvalue weighted by molar-refractivity contribution is 5.97. The first-order valence-corrected chi connectivity index (χ1v) is 4.69. The highest BCUT2D eigenvalue weighted by Gasteiger charge is 2.02. The van der Waals surface area contributed by atoms with E-state index < -0.39 is 0 Å². The molecule has 2 heterocycles. The zero-order chi connectivity index (χ0) is 10.3. The molecular weight excluding hydrogens is 188 g/mol. The summed E-state index contributed by atoms with van der Waals surface area (Å²) in [6.07, 6.45) is 2.58. The molecule has 15 heavy (non-hydrogen) atoms. The summed E-state index contributed by atoms with van der Waals surface area (Å²) in [6.45, 7) is 0. The lowest BCUT2D eigenvalue weighted by Gasteiger charge is -1.95. The van der Waals surface area contributed by atoms with Crippen LogP contribution in [0, 0.1) is 0 Å². The van der Waals surface area contributed by atoms with Crippen LogP contribution in [-0.2, 0) is 0 Å². The maximum Gasteiger partial charge on any atom is 0.166 e. The second kappa shape index (κ2) is 2.92. The fourth-order valence-corrected chi connectivity index (χ4v) is 1.79. The highest BCUT2D eigenvalue weighted by Crippen LogP contribution is 2.21. The number of nitrogens with one attached hydrogen (secondary N) is 1. The standard InChI is InChI=1S/C12H8N2O/c15-7-10-4-9-6-11-8(2-1-3-13-11)5-12(9)14-10/h1-7,14H. The Morgan fingerprint density at radius 1 is 1.20 bits per heavy atom. The molecule has 3 aromatic rings. The van der Waals surface area contributed by atoms with Gasteiger partial charge in [-0.15, -0.1) is 0 Å². The van der Waals surface area contributed by atoms with Crippen molar-refractivity contribution in [3.8, 4) is 0 Å². The lowest BCUT2D eigenvalue weighted by molar-refractivity contribution is 0.112. The molecule has 0 spiro atoms. The molecule has 0 radical (unpaired) electrons. The first-order chi connectivity index (χ1) is 7.36. The zero-order valence-electron chi connectivity index (χ0n) is 7.90. The van der Waals surface area contributed by atoms with E-state index in [4.69, 9.17) is 0 Å². The second-order valence-corrected chi connectivity index (χ2v) is 3.48. The van der Waals surface area contributed by atoms with Crippen LogP contribution in [0.4, 0.5) is 0 Å². The number of nitrogens with zero attached hydrogens (tertiary/aromatic N) is 1. The predicted molar refractivity (Wildman–Crippen MR) is 59.0 cm³/mol. The molecule has 0 saturated heterocycles. The summed E-state index contributed by atoms with van der Waals surface area (Å²) in [5, 5.41) is 2.09. The Hall–Kier alpha value is -2.16. The number of fused-ring (bicyclic) bond motifs is 2. The Morgan fingerprint density at radius 3 is 3.00 bits per heavy atom. The number of aromatic amines is 1. The lowest BCUT2D eigenvalue weighted by atomic mass is 10.1. The van der Waals surface area contributed by atoms with Crippen molar-refractivity contribution in [2.75, 3.05) is 0 Å². The van der Waals surface area contributed by atoms with Crippen LogP contribution in [0.1, 0.15) is 10.5 Å². The van der Waals surface area contributed by atoms with Crippen molar-refractivity contribution in [3.63, 3.8) is 0 Å². The van der Waals surface area contributed by atoms with Gasteiger partial charge in [-0.1, -0.05) is 6.07 Å². The van der Waals surface area contributed by atoms with Crippen molar-refractivity contribution in [2.45, 2.75) is 0 Å². The third kappa shape index (κ3) is 1.21. The summed E-state index contributed by atoms with van der Waals surface area (Å²) < 4.78 is 0. The molecule has 0 aliphatic carbocycles. The first kappa shape index (κ1) is 8.17. The number of pyridine rings is 1. The number of hydrogen-bond donors (Lipinski definition) is 1. The van der Waals surface area contributed by atoms with Crippen molar-refractivity contribution in [1.29, 1.82) is 0 Å². The number of rotatable bonds is 1. The highest BCUT2D eigenvalue weighted by atomic mass is 16.1. The van der Waals surface area contributed by atoms with Gasteiger partial charge in [-0.05, 0) is 24.3 Å². The molecule has 1 aromatic carbocycles. The molecular formula is C12H8N2O. The second-order valence-electron chi connectivity index (χ2n) is 3.48. The van der Waals surface area contributed by atoms with E-state index in [9.17, 15) is 4.79 Å². The number of H-pyrrole nitrogens is 1. The quantitative estimate of drug-likeness (QED) is 0.608. The summed E-state index contributed by atoms with van der Waals surface area (Å²) in [6, 6.07) is 9.72. The van der Waals surface area contributed by atoms with Crippen molar-refractivity contribution in [2.24, 2.45) is 0 Å². The van der Waals surface area contributed by atoms with Gasteiger partial charge in [0, 0.05) is 22.5 Å². The molecule has 3 heteroatoms. The maximum absolute atomic E-state index is 10.6. The minimum absolute atomic E-state index is 0.598. The molecule has 3 nitrogen and oxygen atoms in total. The fraction of sp³-hybridized carbons (Fsp3) is 0. The van der Waals surface area contributed by atoms with Gasteiger partial charge in [0.05, 0.1) is 11.2 Å². The monoisotopic (exact) mass is 196 g/mol. The minimum Gasteiger partial charge on any atom is -0.352 e. The van der Waals surface area contributed by atoms with Crippen LogP contribution in [0.25, 0.3) is 21.8 Å². The summed E-state index contributed by atoms with van der Waals surface area (Å²) in [5.41, 5.74) is 2.51. The van der Waals surface area contributed by atoms with Gasteiger partial charge in [-0.2, -0.15) is 0 Å². The van der Waals surface area contributed by atoms with Gasteiger partial charge >= 0.3 is 0 Å². The molecule has 0 amide bonds. The van der Waals surface area contributed by atoms with Crippen LogP contribution < -0.4 is 0 Å². The molecule has 0 saturated carbocycles. The van der Waals surface area contributed by atoms with Gasteiger partial charge in [0.15, 0.2) is 6.29 Å². The van der Waals surface area contributed by atoms with Crippen LogP contribution in [0.15, 0.2) is 36.5 Å². The fourth-order valence-electron chi connectivity index (χ4n) is 1.79. The predicted octanol–water partition coefficient (Wildman–Crippen LogP) is 2.53. The summed E-state index contributed by atoms with van der Waals surface area (Å²) in [4.78, 5) is 17.9. The number of aldehydes is 1. The Kier molecular flexibility index (Phi) is 1.59. The van der Waals surface area contributed by atoms with E-state index in [1.54, 1.807) is 6.20 Å². The molecule has 0 aliphatic rings. The Balaban J connectivity index is 2.44. The van der Waals surface area contributed by atoms with E-state index in [0.717, 1.165) is 28.1 Å². The molecule has 2 aromatic heterocycles. The molecule has 3 rings (SSSR count). The van der Waals surface area contributed by atoms with Gasteiger partial charge in [0.1, 0.15) is 0 Å². The third-order valence-electron chi connectivity index (χ3n) is 2.49. The molecule has 0 bridgehead atoms. The van der Waals surface area contributed by atoms with Gasteiger partial charge in [-0.3, -0.25) is 9.78 Å². The van der Waals surface area contributed by atoms with E-state index in [0.29, 0.717) is 5.69 Å². The average Bonchev–Trinajstić information content (AvgIpc) is 2.67. The van der Waals surface area contributed by atoms with Crippen molar-refractivity contribution < 1.29 is 4.79 Å². The normalized spacial score (nSPS) is 10.9. The van der Waals surface area contributed by atoms with Crippen molar-refractivity contribution >= 4 is 28.1 Å². The van der Waals surface area contributed by atoms with E-state index in [1.807, 2.05) is 30.3 Å². The Bertz CT molecular complexity index is 602. The van der Waals surface area contributed by atoms with Crippen LogP contribution in [0.5, 0.6) is 0 Å². The van der Waals surface area contributed by atoms with Crippen LogP contribution in [-0.4, -0.2) is 16.3 Å². The number of hydrogen-bond acceptors (Lipinski definition) is 2. The Morgan fingerprint density at radius 2 is 2.13 bits per heavy atom. The number of carbonyl (C=O) groups is 1. The molecule has 0 aliphatic heterocycles. The maximum atomic E-state index is 10.6. The first-order valence-electron chi connectivity index (χ1n) is 4.69. The van der Waals surface area contributed by atoms with Crippen molar-refractivity contribution in [3.05, 3.63) is 42.2 Å². The van der Waals surface area contributed by atoms with Gasteiger partial charge in [0.25, 0.3) is 0 Å². The van der Waals surface area contributed by atoms with E-state index in [1.165, 1.54) is 0 Å². The van der Waals surface area contributed by atoms with E-state index in [-0.39, 0.29) is 0 Å². The van der Waals surface area contributed by atoms with E-state index in [2.05, 4.69) is 9.97 Å². The summed E-state index contributed by atoms with van der Waals surface area (Å²) >= 11 is 0. The topological polar surface area (TPSA) is 45.8 Å². The molecule has 0 atom stereocenters. The molecule has 0 unspecified atom stereocenters. The molecule has 72 valence electrons. The minimum atomic E-state index is 0.598. The number of carbonyl (C=O) groups excluding carboxylic acids is 1. The van der Waals surface area contributed by atoms with Crippen LogP contribution in [0.3, 0.4) is 0 Å². The largest absolute Gasteiger partial charge is 0.352 e. The third-order valence-corrected chi connectivity index (χ3v) is 2.49. The average molecular weight is 196 g/mol. The number of benzene rings is 1. The summed E-state index contributed by atoms with van der Waals surface area (Å²) in [5.74, 6) is 0. The SMILES string of the molecule is O=Cc1cc2cc3ncccc3cc2[nH]1. The molecule has 1 N–H and O–H groups in total. The van der Waals surface area contributed by atoms with E-state index >= 15 is 0 Å².